The molecule has 0 atom stereocenters. The van der Waals surface area contributed by atoms with E-state index in [0.717, 1.165) is 12.1 Å². The molecule has 1 rings (SSSR count). The van der Waals surface area contributed by atoms with Gasteiger partial charge in [-0.15, -0.1) is 0 Å². The molecule has 0 aliphatic carbocycles. The SMILES string of the molecule is OCCCc1c(F)cc(Cl)cc1F. The van der Waals surface area contributed by atoms with E-state index in [9.17, 15) is 8.78 Å². The minimum Gasteiger partial charge on any atom is -0.396 e. The monoisotopic (exact) mass is 206 g/mol. The van der Waals surface area contributed by atoms with Crippen LogP contribution in [0.2, 0.25) is 5.02 Å². The Morgan fingerprint density at radius 3 is 2.23 bits per heavy atom. The molecule has 0 aromatic heterocycles. The predicted octanol–water partition coefficient (Wildman–Crippen LogP) is 2.54. The second kappa shape index (κ2) is 4.53. The van der Waals surface area contributed by atoms with Gasteiger partial charge in [0.1, 0.15) is 11.6 Å². The Morgan fingerprint density at radius 2 is 1.77 bits per heavy atom. The fourth-order valence-corrected chi connectivity index (χ4v) is 1.26. The summed E-state index contributed by atoms with van der Waals surface area (Å²) in [5.41, 5.74) is -0.0153. The Balaban J connectivity index is 2.92. The molecular formula is C9H9ClF2O. The van der Waals surface area contributed by atoms with Crippen LogP contribution in [0.4, 0.5) is 8.78 Å². The first-order valence-corrected chi connectivity index (χ1v) is 4.27. The number of rotatable bonds is 3. The summed E-state index contributed by atoms with van der Waals surface area (Å²) < 4.78 is 26.1. The quantitative estimate of drug-likeness (QED) is 0.806. The minimum absolute atomic E-state index is 0.0153. The van der Waals surface area contributed by atoms with E-state index >= 15 is 0 Å². The molecule has 0 saturated carbocycles. The average Bonchev–Trinajstić information content (AvgIpc) is 2.02. The van der Waals surface area contributed by atoms with Crippen LogP contribution in [0.25, 0.3) is 0 Å². The first kappa shape index (κ1) is 10.4. The van der Waals surface area contributed by atoms with Crippen LogP contribution in [0.5, 0.6) is 0 Å². The largest absolute Gasteiger partial charge is 0.396 e. The number of aliphatic hydroxyl groups is 1. The van der Waals surface area contributed by atoms with E-state index in [4.69, 9.17) is 16.7 Å². The summed E-state index contributed by atoms with van der Waals surface area (Å²) in [6.07, 6.45) is 0.529. The average molecular weight is 207 g/mol. The standard InChI is InChI=1S/C9H9ClF2O/c10-6-4-8(11)7(2-1-3-13)9(12)5-6/h4-5,13H,1-3H2. The Morgan fingerprint density at radius 1 is 1.23 bits per heavy atom. The van der Waals surface area contributed by atoms with Gasteiger partial charge in [-0.3, -0.25) is 0 Å². The van der Waals surface area contributed by atoms with Crippen molar-refractivity contribution in [2.45, 2.75) is 12.8 Å². The lowest BCUT2D eigenvalue weighted by Gasteiger charge is -2.03. The molecule has 0 unspecified atom stereocenters. The molecule has 0 spiro atoms. The predicted molar refractivity (Wildman–Crippen MR) is 46.8 cm³/mol. The number of hydrogen-bond acceptors (Lipinski definition) is 1. The van der Waals surface area contributed by atoms with Gasteiger partial charge >= 0.3 is 0 Å². The number of benzene rings is 1. The van der Waals surface area contributed by atoms with Crippen molar-refractivity contribution in [1.82, 2.24) is 0 Å². The molecular weight excluding hydrogens is 198 g/mol. The van der Waals surface area contributed by atoms with Gasteiger partial charge in [0.2, 0.25) is 0 Å². The molecule has 1 nitrogen and oxygen atoms in total. The molecule has 0 radical (unpaired) electrons. The van der Waals surface area contributed by atoms with E-state index in [2.05, 4.69) is 0 Å². The molecule has 13 heavy (non-hydrogen) atoms. The smallest absolute Gasteiger partial charge is 0.130 e. The van der Waals surface area contributed by atoms with Gasteiger partial charge in [0.05, 0.1) is 0 Å². The number of hydrogen-bond donors (Lipinski definition) is 1. The van der Waals surface area contributed by atoms with Gasteiger partial charge in [0.25, 0.3) is 0 Å². The maximum absolute atomic E-state index is 13.0. The van der Waals surface area contributed by atoms with Gasteiger partial charge in [-0.25, -0.2) is 8.78 Å². The molecule has 0 aliphatic rings. The van der Waals surface area contributed by atoms with Crippen molar-refractivity contribution in [3.8, 4) is 0 Å². The molecule has 4 heteroatoms. The van der Waals surface area contributed by atoms with Crippen LogP contribution >= 0.6 is 11.6 Å². The second-order valence-electron chi connectivity index (χ2n) is 2.68. The van der Waals surface area contributed by atoms with E-state index in [1.54, 1.807) is 0 Å². The van der Waals surface area contributed by atoms with Crippen LogP contribution in [0.15, 0.2) is 12.1 Å². The Hall–Kier alpha value is -0.670. The summed E-state index contributed by atoms with van der Waals surface area (Å²) in [6, 6.07) is 2.13. The van der Waals surface area contributed by atoms with Crippen molar-refractivity contribution in [2.75, 3.05) is 6.61 Å². The lowest BCUT2D eigenvalue weighted by atomic mass is 10.1. The third-order valence-electron chi connectivity index (χ3n) is 1.69. The topological polar surface area (TPSA) is 20.2 Å². The maximum Gasteiger partial charge on any atom is 0.130 e. The highest BCUT2D eigenvalue weighted by molar-refractivity contribution is 6.30. The molecule has 0 heterocycles. The van der Waals surface area contributed by atoms with E-state index in [1.165, 1.54) is 0 Å². The van der Waals surface area contributed by atoms with Gasteiger partial charge in [-0.1, -0.05) is 11.6 Å². The maximum atomic E-state index is 13.0. The van der Waals surface area contributed by atoms with Crippen LogP contribution < -0.4 is 0 Å². The minimum atomic E-state index is -0.654. The van der Waals surface area contributed by atoms with Crippen LogP contribution in [0.3, 0.4) is 0 Å². The zero-order chi connectivity index (χ0) is 9.84. The zero-order valence-corrected chi connectivity index (χ0v) is 7.61. The van der Waals surface area contributed by atoms with Crippen molar-refractivity contribution in [1.29, 1.82) is 0 Å². The van der Waals surface area contributed by atoms with Crippen molar-refractivity contribution >= 4 is 11.6 Å². The van der Waals surface area contributed by atoms with E-state index < -0.39 is 11.6 Å². The molecule has 72 valence electrons. The fourth-order valence-electron chi connectivity index (χ4n) is 1.07. The number of halogens is 3. The van der Waals surface area contributed by atoms with Crippen LogP contribution in [-0.2, 0) is 6.42 Å². The fraction of sp³-hybridized carbons (Fsp3) is 0.333. The molecule has 1 aromatic rings. The lowest BCUT2D eigenvalue weighted by Crippen LogP contribution is -1.97. The third-order valence-corrected chi connectivity index (χ3v) is 1.91. The van der Waals surface area contributed by atoms with Crippen molar-refractivity contribution in [3.63, 3.8) is 0 Å². The van der Waals surface area contributed by atoms with Gasteiger partial charge in [0, 0.05) is 17.2 Å². The van der Waals surface area contributed by atoms with Crippen molar-refractivity contribution < 1.29 is 13.9 Å². The third kappa shape index (κ3) is 2.64. The number of aliphatic hydroxyl groups excluding tert-OH is 1. The van der Waals surface area contributed by atoms with Crippen LogP contribution in [0.1, 0.15) is 12.0 Å². The highest BCUT2D eigenvalue weighted by Crippen LogP contribution is 2.19. The molecule has 0 aliphatic heterocycles. The summed E-state index contributed by atoms with van der Waals surface area (Å²) in [5.74, 6) is -1.31. The van der Waals surface area contributed by atoms with E-state index in [-0.39, 0.29) is 23.6 Å². The Labute approximate surface area is 80.0 Å². The van der Waals surface area contributed by atoms with E-state index in [1.807, 2.05) is 0 Å². The highest BCUT2D eigenvalue weighted by atomic mass is 35.5. The molecule has 1 N–H and O–H groups in total. The zero-order valence-electron chi connectivity index (χ0n) is 6.86. The van der Waals surface area contributed by atoms with Crippen LogP contribution in [0, 0.1) is 11.6 Å². The van der Waals surface area contributed by atoms with Gasteiger partial charge in [-0.2, -0.15) is 0 Å². The molecule has 0 saturated heterocycles. The first-order chi connectivity index (χ1) is 6.15. The second-order valence-corrected chi connectivity index (χ2v) is 3.11. The molecule has 0 bridgehead atoms. The summed E-state index contributed by atoms with van der Waals surface area (Å²) >= 11 is 5.43. The highest BCUT2D eigenvalue weighted by Gasteiger charge is 2.09. The van der Waals surface area contributed by atoms with Crippen molar-refractivity contribution in [3.05, 3.63) is 34.4 Å². The summed E-state index contributed by atoms with van der Waals surface area (Å²) in [4.78, 5) is 0. The van der Waals surface area contributed by atoms with Crippen LogP contribution in [-0.4, -0.2) is 11.7 Å². The molecule has 1 aromatic carbocycles. The first-order valence-electron chi connectivity index (χ1n) is 3.89. The van der Waals surface area contributed by atoms with Gasteiger partial charge < -0.3 is 5.11 Å². The summed E-state index contributed by atoms with van der Waals surface area (Å²) in [7, 11) is 0. The molecule has 0 amide bonds. The van der Waals surface area contributed by atoms with Crippen molar-refractivity contribution in [2.24, 2.45) is 0 Å². The molecule has 0 fully saturated rings. The van der Waals surface area contributed by atoms with E-state index in [0.29, 0.717) is 6.42 Å². The Kier molecular flexibility index (Phi) is 3.63. The lowest BCUT2D eigenvalue weighted by molar-refractivity contribution is 0.287. The van der Waals surface area contributed by atoms with Gasteiger partial charge in [0.15, 0.2) is 0 Å². The summed E-state index contributed by atoms with van der Waals surface area (Å²) in [6.45, 7) is -0.0818. The van der Waals surface area contributed by atoms with Gasteiger partial charge in [-0.05, 0) is 25.0 Å². The Bertz CT molecular complexity index is 279. The normalized spacial score (nSPS) is 10.5. The summed E-state index contributed by atoms with van der Waals surface area (Å²) in [5, 5.41) is 8.54.